The zero-order valence-corrected chi connectivity index (χ0v) is 10.1. The van der Waals surface area contributed by atoms with Gasteiger partial charge in [-0.3, -0.25) is 4.79 Å². The van der Waals surface area contributed by atoms with Crippen LogP contribution in [0.1, 0.15) is 17.2 Å². The third-order valence-corrected chi connectivity index (χ3v) is 2.44. The van der Waals surface area contributed by atoms with E-state index in [0.717, 1.165) is 26.4 Å². The second-order valence-electron chi connectivity index (χ2n) is 3.61. The first-order valence-corrected chi connectivity index (χ1v) is 5.03. The second-order valence-corrected chi connectivity index (χ2v) is 3.61. The Hall–Kier alpha value is -1.96. The van der Waals surface area contributed by atoms with Crippen molar-refractivity contribution in [2.75, 3.05) is 14.2 Å². The second kappa shape index (κ2) is 5.35. The van der Waals surface area contributed by atoms with E-state index in [4.69, 9.17) is 15.6 Å². The van der Waals surface area contributed by atoms with Crippen LogP contribution < -0.4 is 15.2 Å². The summed E-state index contributed by atoms with van der Waals surface area (Å²) < 4.78 is 48.0. The molecule has 0 radical (unpaired) electrons. The maximum Gasteiger partial charge on any atom is 0.420 e. The smallest absolute Gasteiger partial charge is 0.420 e. The SMILES string of the molecule is COc1cc(C(N)C(=O)O)c(OC)c(C(F)(F)F)c1. The van der Waals surface area contributed by atoms with Crippen LogP contribution in [0.25, 0.3) is 0 Å². The van der Waals surface area contributed by atoms with E-state index in [1.807, 2.05) is 0 Å². The van der Waals surface area contributed by atoms with Crippen LogP contribution in [-0.4, -0.2) is 25.3 Å². The van der Waals surface area contributed by atoms with E-state index in [1.165, 1.54) is 0 Å². The van der Waals surface area contributed by atoms with Crippen molar-refractivity contribution in [1.29, 1.82) is 0 Å². The lowest BCUT2D eigenvalue weighted by molar-refractivity contribution is -0.141. The Morgan fingerprint density at radius 1 is 1.32 bits per heavy atom. The van der Waals surface area contributed by atoms with E-state index in [-0.39, 0.29) is 11.3 Å². The van der Waals surface area contributed by atoms with Gasteiger partial charge in [0.05, 0.1) is 14.2 Å². The number of rotatable bonds is 4. The molecular formula is C11H12F3NO4. The first-order chi connectivity index (χ1) is 8.72. The van der Waals surface area contributed by atoms with Crippen LogP contribution in [0.15, 0.2) is 12.1 Å². The van der Waals surface area contributed by atoms with Gasteiger partial charge in [0.2, 0.25) is 0 Å². The number of halogens is 3. The topological polar surface area (TPSA) is 81.8 Å². The van der Waals surface area contributed by atoms with Crippen molar-refractivity contribution in [3.8, 4) is 11.5 Å². The predicted molar refractivity (Wildman–Crippen MR) is 59.1 cm³/mol. The lowest BCUT2D eigenvalue weighted by atomic mass is 10.0. The van der Waals surface area contributed by atoms with E-state index in [9.17, 15) is 18.0 Å². The highest BCUT2D eigenvalue weighted by atomic mass is 19.4. The van der Waals surface area contributed by atoms with Gasteiger partial charge in [-0.05, 0) is 12.1 Å². The van der Waals surface area contributed by atoms with Crippen molar-refractivity contribution < 1.29 is 32.5 Å². The summed E-state index contributed by atoms with van der Waals surface area (Å²) in [7, 11) is 2.17. The van der Waals surface area contributed by atoms with E-state index in [0.29, 0.717) is 0 Å². The first-order valence-electron chi connectivity index (χ1n) is 5.03. The Morgan fingerprint density at radius 2 is 1.89 bits per heavy atom. The number of benzene rings is 1. The third-order valence-electron chi connectivity index (χ3n) is 2.44. The molecular weight excluding hydrogens is 267 g/mol. The van der Waals surface area contributed by atoms with E-state index in [2.05, 4.69) is 4.74 Å². The van der Waals surface area contributed by atoms with Crippen LogP contribution in [0.3, 0.4) is 0 Å². The van der Waals surface area contributed by atoms with Crippen molar-refractivity contribution >= 4 is 5.97 Å². The fourth-order valence-corrected chi connectivity index (χ4v) is 1.54. The summed E-state index contributed by atoms with van der Waals surface area (Å²) in [5.41, 5.74) is 3.91. The minimum absolute atomic E-state index is 0.153. The van der Waals surface area contributed by atoms with Gasteiger partial charge in [0.15, 0.2) is 0 Å². The number of nitrogens with two attached hydrogens (primary N) is 1. The lowest BCUT2D eigenvalue weighted by Gasteiger charge is -2.19. The molecule has 19 heavy (non-hydrogen) atoms. The first kappa shape index (κ1) is 15.1. The maximum atomic E-state index is 12.9. The molecule has 3 N–H and O–H groups in total. The predicted octanol–water partition coefficient (Wildman–Crippen LogP) is 1.81. The molecule has 0 aromatic heterocycles. The molecule has 0 bridgehead atoms. The summed E-state index contributed by atoms with van der Waals surface area (Å²) in [5.74, 6) is -2.25. The minimum atomic E-state index is -4.72. The van der Waals surface area contributed by atoms with Crippen LogP contribution in [0.4, 0.5) is 13.2 Å². The van der Waals surface area contributed by atoms with Gasteiger partial charge in [0.1, 0.15) is 23.1 Å². The highest BCUT2D eigenvalue weighted by Crippen LogP contribution is 2.42. The molecule has 1 aromatic carbocycles. The standard InChI is InChI=1S/C11H12F3NO4/c1-18-5-3-6(8(15)10(16)17)9(19-2)7(4-5)11(12,13)14/h3-4,8H,15H2,1-2H3,(H,16,17). The summed E-state index contributed by atoms with van der Waals surface area (Å²) in [4.78, 5) is 10.8. The number of carbonyl (C=O) groups is 1. The number of aliphatic carboxylic acids is 1. The summed E-state index contributed by atoms with van der Waals surface area (Å²) in [6.45, 7) is 0. The molecule has 0 aliphatic carbocycles. The number of alkyl halides is 3. The van der Waals surface area contributed by atoms with Crippen molar-refractivity contribution in [3.05, 3.63) is 23.3 Å². The number of carboxylic acids is 1. The Balaban J connectivity index is 3.57. The molecule has 106 valence electrons. The molecule has 5 nitrogen and oxygen atoms in total. The quantitative estimate of drug-likeness (QED) is 0.878. The van der Waals surface area contributed by atoms with Gasteiger partial charge in [-0.2, -0.15) is 13.2 Å². The van der Waals surface area contributed by atoms with E-state index in [1.54, 1.807) is 0 Å². The number of hydrogen-bond donors (Lipinski definition) is 2. The molecule has 1 unspecified atom stereocenters. The lowest BCUT2D eigenvalue weighted by Crippen LogP contribution is -2.22. The Kier molecular flexibility index (Phi) is 4.25. The molecule has 0 spiro atoms. The average molecular weight is 279 g/mol. The summed E-state index contributed by atoms with van der Waals surface area (Å²) in [6, 6.07) is 0.176. The molecule has 0 saturated heterocycles. The van der Waals surface area contributed by atoms with Gasteiger partial charge in [-0.1, -0.05) is 0 Å². The summed E-state index contributed by atoms with van der Waals surface area (Å²) in [5, 5.41) is 8.81. The van der Waals surface area contributed by atoms with Crippen molar-refractivity contribution in [2.24, 2.45) is 5.73 Å². The average Bonchev–Trinajstić information content (AvgIpc) is 2.34. The van der Waals surface area contributed by atoms with Gasteiger partial charge < -0.3 is 20.3 Å². The number of carboxylic acid groups (broad SMARTS) is 1. The zero-order valence-electron chi connectivity index (χ0n) is 10.1. The van der Waals surface area contributed by atoms with Crippen molar-refractivity contribution in [3.63, 3.8) is 0 Å². The van der Waals surface area contributed by atoms with Gasteiger partial charge in [-0.15, -0.1) is 0 Å². The fraction of sp³-hybridized carbons (Fsp3) is 0.364. The molecule has 1 rings (SSSR count). The Morgan fingerprint density at radius 3 is 2.26 bits per heavy atom. The van der Waals surface area contributed by atoms with Gasteiger partial charge in [-0.25, -0.2) is 0 Å². The number of methoxy groups -OCH3 is 2. The molecule has 0 saturated carbocycles. The largest absolute Gasteiger partial charge is 0.497 e. The summed E-state index contributed by atoms with van der Waals surface area (Å²) in [6.07, 6.45) is -4.72. The normalized spacial score (nSPS) is 12.9. The Bertz CT molecular complexity index is 488. The highest BCUT2D eigenvalue weighted by molar-refractivity contribution is 5.77. The molecule has 1 aromatic rings. The van der Waals surface area contributed by atoms with Gasteiger partial charge in [0.25, 0.3) is 0 Å². The molecule has 1 atom stereocenters. The zero-order chi connectivity index (χ0) is 14.8. The van der Waals surface area contributed by atoms with Gasteiger partial charge in [0, 0.05) is 5.56 Å². The highest BCUT2D eigenvalue weighted by Gasteiger charge is 2.37. The number of hydrogen-bond acceptors (Lipinski definition) is 4. The van der Waals surface area contributed by atoms with Crippen LogP contribution in [0.5, 0.6) is 11.5 Å². The third kappa shape index (κ3) is 3.08. The van der Waals surface area contributed by atoms with Crippen LogP contribution >= 0.6 is 0 Å². The maximum absolute atomic E-state index is 12.9. The van der Waals surface area contributed by atoms with Crippen LogP contribution in [0, 0.1) is 0 Å². The number of ether oxygens (including phenoxy) is 2. The van der Waals surface area contributed by atoms with E-state index < -0.39 is 29.5 Å². The van der Waals surface area contributed by atoms with E-state index >= 15 is 0 Å². The minimum Gasteiger partial charge on any atom is -0.497 e. The van der Waals surface area contributed by atoms with Gasteiger partial charge >= 0.3 is 12.1 Å². The molecule has 0 heterocycles. The van der Waals surface area contributed by atoms with Crippen LogP contribution in [0.2, 0.25) is 0 Å². The molecule has 0 aliphatic rings. The molecule has 0 fully saturated rings. The molecule has 0 amide bonds. The summed E-state index contributed by atoms with van der Waals surface area (Å²) >= 11 is 0. The van der Waals surface area contributed by atoms with Crippen molar-refractivity contribution in [1.82, 2.24) is 0 Å². The van der Waals surface area contributed by atoms with Crippen LogP contribution in [-0.2, 0) is 11.0 Å². The fourth-order valence-electron chi connectivity index (χ4n) is 1.54. The Labute approximate surface area is 106 Å². The monoisotopic (exact) mass is 279 g/mol. The molecule has 0 aliphatic heterocycles. The molecule has 8 heteroatoms. The van der Waals surface area contributed by atoms with Crippen molar-refractivity contribution in [2.45, 2.75) is 12.2 Å².